The molecule has 140 valence electrons. The molecule has 1 saturated heterocycles. The molecule has 2 N–H and O–H groups in total. The molecule has 2 saturated carbocycles. The molecular formula is C19H28O6. The first-order chi connectivity index (χ1) is 11.5. The molecule has 3 aliphatic rings. The van der Waals surface area contributed by atoms with Crippen LogP contribution in [-0.2, 0) is 19.1 Å². The van der Waals surface area contributed by atoms with Crippen molar-refractivity contribution in [3.63, 3.8) is 0 Å². The van der Waals surface area contributed by atoms with Crippen LogP contribution >= 0.6 is 0 Å². The third-order valence-electron chi connectivity index (χ3n) is 6.13. The summed E-state index contributed by atoms with van der Waals surface area (Å²) < 4.78 is 11.6. The van der Waals surface area contributed by atoms with Crippen LogP contribution in [0.15, 0.2) is 12.2 Å². The van der Waals surface area contributed by atoms with Crippen LogP contribution in [0.5, 0.6) is 0 Å². The number of Topliss-reactive ketones (excluding diaryl/α,β-unsaturated/α-hetero) is 1. The second kappa shape index (κ2) is 5.89. The summed E-state index contributed by atoms with van der Waals surface area (Å²) in [6.07, 6.45) is -0.828. The van der Waals surface area contributed by atoms with Crippen molar-refractivity contribution >= 4 is 11.8 Å². The summed E-state index contributed by atoms with van der Waals surface area (Å²) in [5, 5.41) is 21.9. The molecule has 1 aliphatic heterocycles. The van der Waals surface area contributed by atoms with E-state index in [1.807, 2.05) is 13.8 Å². The van der Waals surface area contributed by atoms with E-state index in [9.17, 15) is 19.8 Å². The fourth-order valence-electron chi connectivity index (χ4n) is 4.77. The van der Waals surface area contributed by atoms with Gasteiger partial charge in [0.2, 0.25) is 0 Å². The van der Waals surface area contributed by atoms with E-state index in [4.69, 9.17) is 9.47 Å². The van der Waals surface area contributed by atoms with Crippen LogP contribution in [0.1, 0.15) is 40.5 Å². The summed E-state index contributed by atoms with van der Waals surface area (Å²) in [7, 11) is 0. The number of carbonyl (C=O) groups is 2. The zero-order valence-corrected chi connectivity index (χ0v) is 15.3. The van der Waals surface area contributed by atoms with E-state index in [0.29, 0.717) is 18.1 Å². The van der Waals surface area contributed by atoms with Gasteiger partial charge >= 0.3 is 5.97 Å². The van der Waals surface area contributed by atoms with Crippen LogP contribution in [0.4, 0.5) is 0 Å². The molecule has 0 spiro atoms. The Morgan fingerprint density at radius 2 is 1.96 bits per heavy atom. The fraction of sp³-hybridized carbons (Fsp3) is 0.789. The first-order valence-corrected chi connectivity index (χ1v) is 8.96. The maximum atomic E-state index is 12.4. The molecule has 0 aromatic heterocycles. The van der Waals surface area contributed by atoms with Gasteiger partial charge in [-0.3, -0.25) is 4.79 Å². The van der Waals surface area contributed by atoms with Gasteiger partial charge in [-0.05, 0) is 19.8 Å². The summed E-state index contributed by atoms with van der Waals surface area (Å²) >= 11 is 0. The molecule has 0 amide bonds. The number of ketones is 1. The van der Waals surface area contributed by atoms with Crippen molar-refractivity contribution in [3.8, 4) is 0 Å². The zero-order valence-electron chi connectivity index (χ0n) is 15.3. The smallest absolute Gasteiger partial charge is 0.334 e. The number of hydrogen-bond acceptors (Lipinski definition) is 6. The molecule has 0 bridgehead atoms. The summed E-state index contributed by atoms with van der Waals surface area (Å²) in [4.78, 5) is 24.5. The minimum Gasteiger partial charge on any atom is -0.458 e. The standard InChI is InChI=1S/C19H28O6/c1-9(2)8-24-12-7-18(4,22)11-6-13(20)19(5,23)15(11)16-14(12)10(3)17(21)25-16/h9,11-12,14-16,22-23H,3,6-8H2,1-2,4-5H3. The lowest BCUT2D eigenvalue weighted by molar-refractivity contribution is -0.155. The lowest BCUT2D eigenvalue weighted by atomic mass is 9.74. The fourth-order valence-corrected chi connectivity index (χ4v) is 4.77. The Bertz CT molecular complexity index is 605. The van der Waals surface area contributed by atoms with Crippen molar-refractivity contribution in [2.24, 2.45) is 23.7 Å². The van der Waals surface area contributed by atoms with Gasteiger partial charge in [-0.1, -0.05) is 20.4 Å². The minimum absolute atomic E-state index is 0.0643. The molecule has 0 aromatic carbocycles. The molecule has 0 radical (unpaired) electrons. The molecule has 7 unspecified atom stereocenters. The Labute approximate surface area is 148 Å². The lowest BCUT2D eigenvalue weighted by Crippen LogP contribution is -2.48. The first-order valence-electron chi connectivity index (χ1n) is 8.96. The summed E-state index contributed by atoms with van der Waals surface area (Å²) in [5.74, 6) is -2.17. The maximum Gasteiger partial charge on any atom is 0.334 e. The highest BCUT2D eigenvalue weighted by Gasteiger charge is 2.66. The monoisotopic (exact) mass is 352 g/mol. The van der Waals surface area contributed by atoms with E-state index in [1.165, 1.54) is 6.92 Å². The van der Waals surface area contributed by atoms with Gasteiger partial charge in [0.15, 0.2) is 5.78 Å². The van der Waals surface area contributed by atoms with Gasteiger partial charge in [0.1, 0.15) is 11.7 Å². The predicted octanol–water partition coefficient (Wildman–Crippen LogP) is 1.24. The zero-order chi connectivity index (χ0) is 18.7. The normalized spacial score (nSPS) is 46.8. The second-order valence-electron chi connectivity index (χ2n) is 8.65. The van der Waals surface area contributed by atoms with Crippen LogP contribution < -0.4 is 0 Å². The Hall–Kier alpha value is -1.24. The molecule has 2 aliphatic carbocycles. The molecular weight excluding hydrogens is 324 g/mol. The maximum absolute atomic E-state index is 12.4. The summed E-state index contributed by atoms with van der Waals surface area (Å²) in [5.41, 5.74) is -2.56. The number of aliphatic hydroxyl groups is 2. The van der Waals surface area contributed by atoms with Gasteiger partial charge in [0.05, 0.1) is 17.6 Å². The van der Waals surface area contributed by atoms with Crippen LogP contribution in [0, 0.1) is 23.7 Å². The van der Waals surface area contributed by atoms with Crippen LogP contribution in [0.2, 0.25) is 0 Å². The molecule has 6 nitrogen and oxygen atoms in total. The molecule has 3 fully saturated rings. The number of hydrogen-bond donors (Lipinski definition) is 2. The number of rotatable bonds is 3. The molecule has 3 rings (SSSR count). The van der Waals surface area contributed by atoms with Crippen molar-refractivity contribution in [1.29, 1.82) is 0 Å². The van der Waals surface area contributed by atoms with Gasteiger partial charge < -0.3 is 19.7 Å². The van der Waals surface area contributed by atoms with E-state index in [-0.39, 0.29) is 18.6 Å². The van der Waals surface area contributed by atoms with Gasteiger partial charge in [-0.2, -0.15) is 0 Å². The molecule has 7 atom stereocenters. The Balaban J connectivity index is 2.04. The van der Waals surface area contributed by atoms with Crippen molar-refractivity contribution < 1.29 is 29.3 Å². The third-order valence-corrected chi connectivity index (χ3v) is 6.13. The van der Waals surface area contributed by atoms with Crippen LogP contribution in [0.25, 0.3) is 0 Å². The van der Waals surface area contributed by atoms with Crippen molar-refractivity contribution in [1.82, 2.24) is 0 Å². The van der Waals surface area contributed by atoms with Crippen molar-refractivity contribution in [2.45, 2.75) is 63.9 Å². The van der Waals surface area contributed by atoms with Crippen LogP contribution in [-0.4, -0.2) is 52.0 Å². The van der Waals surface area contributed by atoms with Gasteiger partial charge in [0, 0.05) is 36.9 Å². The molecule has 25 heavy (non-hydrogen) atoms. The number of carbonyl (C=O) groups excluding carboxylic acids is 2. The Morgan fingerprint density at radius 1 is 1.32 bits per heavy atom. The topological polar surface area (TPSA) is 93.1 Å². The van der Waals surface area contributed by atoms with Crippen molar-refractivity contribution in [2.75, 3.05) is 6.61 Å². The number of esters is 1. The first kappa shape index (κ1) is 18.5. The average Bonchev–Trinajstić information content (AvgIpc) is 2.86. The Kier molecular flexibility index (Phi) is 4.37. The molecule has 0 aromatic rings. The van der Waals surface area contributed by atoms with E-state index in [0.717, 1.165) is 0 Å². The highest BCUT2D eigenvalue weighted by molar-refractivity contribution is 5.93. The SMILES string of the molecule is C=C1C(=O)OC2C1C(OCC(C)C)CC(C)(O)C1CC(=O)C(C)(O)C21. The minimum atomic E-state index is -1.64. The lowest BCUT2D eigenvalue weighted by Gasteiger charge is -2.36. The number of fused-ring (bicyclic) bond motifs is 3. The average molecular weight is 352 g/mol. The molecule has 6 heteroatoms. The van der Waals surface area contributed by atoms with E-state index < -0.39 is 47.1 Å². The largest absolute Gasteiger partial charge is 0.458 e. The Morgan fingerprint density at radius 3 is 2.56 bits per heavy atom. The van der Waals surface area contributed by atoms with E-state index in [1.54, 1.807) is 6.92 Å². The highest BCUT2D eigenvalue weighted by Crippen LogP contribution is 2.54. The van der Waals surface area contributed by atoms with Crippen molar-refractivity contribution in [3.05, 3.63) is 12.2 Å². The van der Waals surface area contributed by atoms with Gasteiger partial charge in [-0.25, -0.2) is 4.79 Å². The second-order valence-corrected chi connectivity index (χ2v) is 8.65. The predicted molar refractivity (Wildman–Crippen MR) is 89.6 cm³/mol. The highest BCUT2D eigenvalue weighted by atomic mass is 16.6. The van der Waals surface area contributed by atoms with Crippen LogP contribution in [0.3, 0.4) is 0 Å². The van der Waals surface area contributed by atoms with E-state index in [2.05, 4.69) is 6.58 Å². The van der Waals surface area contributed by atoms with E-state index >= 15 is 0 Å². The quantitative estimate of drug-likeness (QED) is 0.586. The van der Waals surface area contributed by atoms with Gasteiger partial charge in [0.25, 0.3) is 0 Å². The summed E-state index contributed by atoms with van der Waals surface area (Å²) in [6.45, 7) is 11.5. The summed E-state index contributed by atoms with van der Waals surface area (Å²) in [6, 6.07) is 0. The van der Waals surface area contributed by atoms with Gasteiger partial charge in [-0.15, -0.1) is 0 Å². The third kappa shape index (κ3) is 2.84. The number of ether oxygens (including phenoxy) is 2. The molecule has 1 heterocycles.